The molecule has 3 unspecified atom stereocenters. The first-order chi connectivity index (χ1) is 15.4. The van der Waals surface area contributed by atoms with Gasteiger partial charge in [-0.05, 0) is 18.2 Å². The Bertz CT molecular complexity index is 976. The number of methoxy groups -OCH3 is 4. The number of carbonyl (C=O) groups excluding carboxylic acids is 2. The van der Waals surface area contributed by atoms with Crippen LogP contribution >= 0.6 is 11.8 Å². The molecule has 32 heavy (non-hydrogen) atoms. The molecule has 0 aromatic heterocycles. The van der Waals surface area contributed by atoms with Crippen LogP contribution in [0.4, 0.5) is 0 Å². The molecule has 1 aliphatic rings. The SMILES string of the molecule is COC(=O)CSC1c2ccc(OC)cc2OC(c2ccc(OC)c(OC)c2)C1OC(C)=O. The molecule has 3 rings (SSSR count). The summed E-state index contributed by atoms with van der Waals surface area (Å²) in [6, 6.07) is 10.8. The van der Waals surface area contributed by atoms with E-state index in [0.29, 0.717) is 23.0 Å². The van der Waals surface area contributed by atoms with E-state index in [-0.39, 0.29) is 17.0 Å². The number of thioether (sulfide) groups is 1. The first kappa shape index (κ1) is 23.6. The number of benzene rings is 2. The molecule has 0 radical (unpaired) electrons. The Labute approximate surface area is 191 Å². The summed E-state index contributed by atoms with van der Waals surface area (Å²) in [7, 11) is 6.00. The van der Waals surface area contributed by atoms with Crippen molar-refractivity contribution in [2.24, 2.45) is 0 Å². The van der Waals surface area contributed by atoms with Gasteiger partial charge in [0.05, 0.1) is 39.4 Å². The molecular weight excluding hydrogens is 436 g/mol. The number of ether oxygens (including phenoxy) is 6. The normalized spacial score (nSPS) is 19.2. The smallest absolute Gasteiger partial charge is 0.315 e. The molecule has 2 aromatic carbocycles. The fourth-order valence-corrected chi connectivity index (χ4v) is 4.72. The molecular formula is C23H26O8S. The molecule has 1 aliphatic heterocycles. The zero-order valence-corrected chi connectivity index (χ0v) is 19.4. The van der Waals surface area contributed by atoms with Gasteiger partial charge in [0.25, 0.3) is 0 Å². The van der Waals surface area contributed by atoms with E-state index in [9.17, 15) is 9.59 Å². The fourth-order valence-electron chi connectivity index (χ4n) is 3.52. The fraction of sp³-hybridized carbons (Fsp3) is 0.391. The predicted octanol–water partition coefficient (Wildman–Crippen LogP) is 3.73. The van der Waals surface area contributed by atoms with Gasteiger partial charge in [-0.3, -0.25) is 9.59 Å². The lowest BCUT2D eigenvalue weighted by Crippen LogP contribution is -2.37. The van der Waals surface area contributed by atoms with Crippen LogP contribution in [0.5, 0.6) is 23.0 Å². The second-order valence-corrected chi connectivity index (χ2v) is 8.07. The minimum absolute atomic E-state index is 0.0864. The highest BCUT2D eigenvalue weighted by atomic mass is 32.2. The molecule has 2 aromatic rings. The van der Waals surface area contributed by atoms with Gasteiger partial charge in [0, 0.05) is 24.1 Å². The van der Waals surface area contributed by atoms with Crippen molar-refractivity contribution in [1.82, 2.24) is 0 Å². The first-order valence-corrected chi connectivity index (χ1v) is 10.9. The summed E-state index contributed by atoms with van der Waals surface area (Å²) in [5, 5.41) is -0.384. The quantitative estimate of drug-likeness (QED) is 0.545. The highest BCUT2D eigenvalue weighted by Crippen LogP contribution is 2.50. The van der Waals surface area contributed by atoms with Gasteiger partial charge in [0.15, 0.2) is 23.7 Å². The van der Waals surface area contributed by atoms with Gasteiger partial charge in [0.1, 0.15) is 11.5 Å². The van der Waals surface area contributed by atoms with Crippen molar-refractivity contribution in [3.63, 3.8) is 0 Å². The zero-order chi connectivity index (χ0) is 23.3. The average molecular weight is 463 g/mol. The van der Waals surface area contributed by atoms with E-state index in [0.717, 1.165) is 11.1 Å². The maximum absolute atomic E-state index is 12.0. The Morgan fingerprint density at radius 3 is 2.34 bits per heavy atom. The van der Waals surface area contributed by atoms with E-state index in [1.165, 1.54) is 25.8 Å². The molecule has 0 saturated heterocycles. The zero-order valence-electron chi connectivity index (χ0n) is 18.6. The Morgan fingerprint density at radius 1 is 0.969 bits per heavy atom. The van der Waals surface area contributed by atoms with Crippen LogP contribution in [0.15, 0.2) is 36.4 Å². The number of esters is 2. The summed E-state index contributed by atoms with van der Waals surface area (Å²) < 4.78 is 33.0. The molecule has 0 spiro atoms. The van der Waals surface area contributed by atoms with Crippen LogP contribution in [-0.4, -0.2) is 52.2 Å². The second-order valence-electron chi connectivity index (χ2n) is 6.94. The van der Waals surface area contributed by atoms with Gasteiger partial charge in [-0.1, -0.05) is 12.1 Å². The monoisotopic (exact) mass is 462 g/mol. The van der Waals surface area contributed by atoms with Gasteiger partial charge in [-0.2, -0.15) is 0 Å². The minimum Gasteiger partial charge on any atom is -0.497 e. The number of fused-ring (bicyclic) bond motifs is 1. The summed E-state index contributed by atoms with van der Waals surface area (Å²) in [5.74, 6) is 1.54. The van der Waals surface area contributed by atoms with Crippen molar-refractivity contribution in [2.45, 2.75) is 24.4 Å². The van der Waals surface area contributed by atoms with Gasteiger partial charge >= 0.3 is 11.9 Å². The van der Waals surface area contributed by atoms with E-state index < -0.39 is 18.2 Å². The third-order valence-corrected chi connectivity index (χ3v) is 6.31. The topological polar surface area (TPSA) is 89.5 Å². The van der Waals surface area contributed by atoms with Crippen molar-refractivity contribution < 1.29 is 38.0 Å². The van der Waals surface area contributed by atoms with Crippen LogP contribution in [-0.2, 0) is 19.1 Å². The Hall–Kier alpha value is -3.07. The Morgan fingerprint density at radius 2 is 1.72 bits per heavy atom. The minimum atomic E-state index is -0.707. The van der Waals surface area contributed by atoms with Crippen molar-refractivity contribution in [3.05, 3.63) is 47.5 Å². The standard InChI is InChI=1S/C23H26O8S/c1-13(24)30-22-21(14-6-9-17(27-3)19(10-14)28-4)31-18-11-15(26-2)7-8-16(18)23(22)32-12-20(25)29-5/h6-11,21-23H,12H2,1-5H3. The Balaban J connectivity index is 2.10. The largest absolute Gasteiger partial charge is 0.497 e. The van der Waals surface area contributed by atoms with Crippen LogP contribution < -0.4 is 18.9 Å². The molecule has 1 heterocycles. The molecule has 172 valence electrons. The van der Waals surface area contributed by atoms with Crippen molar-refractivity contribution in [2.75, 3.05) is 34.2 Å². The second kappa shape index (κ2) is 10.5. The van der Waals surface area contributed by atoms with E-state index in [1.807, 2.05) is 12.1 Å². The highest BCUT2D eigenvalue weighted by Gasteiger charge is 2.42. The summed E-state index contributed by atoms with van der Waals surface area (Å²) in [5.41, 5.74) is 1.52. The Kier molecular flexibility index (Phi) is 7.74. The summed E-state index contributed by atoms with van der Waals surface area (Å²) in [6.45, 7) is 1.34. The lowest BCUT2D eigenvalue weighted by Gasteiger charge is -2.39. The molecule has 0 fully saturated rings. The van der Waals surface area contributed by atoms with Gasteiger partial charge in [-0.15, -0.1) is 11.8 Å². The average Bonchev–Trinajstić information content (AvgIpc) is 2.81. The molecule has 8 nitrogen and oxygen atoms in total. The maximum atomic E-state index is 12.0. The van der Waals surface area contributed by atoms with Crippen LogP contribution in [0.3, 0.4) is 0 Å². The molecule has 0 amide bonds. The number of rotatable bonds is 8. The summed E-state index contributed by atoms with van der Waals surface area (Å²) >= 11 is 1.32. The molecule has 0 aliphatic carbocycles. The van der Waals surface area contributed by atoms with E-state index in [1.54, 1.807) is 45.6 Å². The lowest BCUT2D eigenvalue weighted by atomic mass is 9.93. The molecule has 0 bridgehead atoms. The summed E-state index contributed by atoms with van der Waals surface area (Å²) in [6.07, 6.45) is -1.37. The first-order valence-electron chi connectivity index (χ1n) is 9.84. The molecule has 3 atom stereocenters. The van der Waals surface area contributed by atoms with Crippen LogP contribution in [0, 0.1) is 0 Å². The molecule has 0 N–H and O–H groups in total. The lowest BCUT2D eigenvalue weighted by molar-refractivity contribution is -0.152. The van der Waals surface area contributed by atoms with Crippen LogP contribution in [0.1, 0.15) is 29.4 Å². The number of hydrogen-bond donors (Lipinski definition) is 0. The summed E-state index contributed by atoms with van der Waals surface area (Å²) in [4.78, 5) is 23.9. The predicted molar refractivity (Wildman–Crippen MR) is 119 cm³/mol. The number of hydrogen-bond acceptors (Lipinski definition) is 9. The van der Waals surface area contributed by atoms with Gasteiger partial charge < -0.3 is 28.4 Å². The van der Waals surface area contributed by atoms with Crippen LogP contribution in [0.25, 0.3) is 0 Å². The van der Waals surface area contributed by atoms with E-state index in [2.05, 4.69) is 0 Å². The molecule has 0 saturated carbocycles. The third kappa shape index (κ3) is 5.04. The van der Waals surface area contributed by atoms with Gasteiger partial charge in [-0.25, -0.2) is 0 Å². The van der Waals surface area contributed by atoms with E-state index in [4.69, 9.17) is 28.4 Å². The maximum Gasteiger partial charge on any atom is 0.315 e. The van der Waals surface area contributed by atoms with Gasteiger partial charge in [0.2, 0.25) is 0 Å². The third-order valence-electron chi connectivity index (χ3n) is 5.02. The van der Waals surface area contributed by atoms with Crippen molar-refractivity contribution in [3.8, 4) is 23.0 Å². The molecule has 9 heteroatoms. The number of carbonyl (C=O) groups is 2. The highest BCUT2D eigenvalue weighted by molar-refractivity contribution is 8.00. The van der Waals surface area contributed by atoms with Crippen molar-refractivity contribution >= 4 is 23.7 Å². The van der Waals surface area contributed by atoms with E-state index >= 15 is 0 Å². The van der Waals surface area contributed by atoms with Crippen LogP contribution in [0.2, 0.25) is 0 Å². The van der Waals surface area contributed by atoms with Crippen molar-refractivity contribution in [1.29, 1.82) is 0 Å².